The molecule has 0 saturated carbocycles. The van der Waals surface area contributed by atoms with Crippen molar-refractivity contribution in [2.75, 3.05) is 0 Å². The van der Waals surface area contributed by atoms with E-state index < -0.39 is 11.9 Å². The number of nitrogens with zero attached hydrogens (tertiary/aromatic N) is 5. The minimum atomic E-state index is -0.913. The molecule has 2 amide bonds. The molecular weight excluding hydrogens is 465 g/mol. The number of carbonyl (C=O) groups excluding carboxylic acids is 1. The van der Waals surface area contributed by atoms with Crippen molar-refractivity contribution in [3.05, 3.63) is 58.3 Å². The van der Waals surface area contributed by atoms with Gasteiger partial charge in [-0.1, -0.05) is 11.6 Å². The lowest BCUT2D eigenvalue weighted by atomic mass is 10.00. The largest absolute Gasteiger partial charge is 0.489 e. The van der Waals surface area contributed by atoms with E-state index in [0.29, 0.717) is 36.6 Å². The zero-order valence-corrected chi connectivity index (χ0v) is 18.8. The summed E-state index contributed by atoms with van der Waals surface area (Å²) in [5.74, 6) is -0.603. The van der Waals surface area contributed by atoms with Crippen molar-refractivity contribution >= 4 is 29.2 Å². The lowest BCUT2D eigenvalue weighted by Crippen LogP contribution is -2.48. The van der Waals surface area contributed by atoms with Gasteiger partial charge in [0.2, 0.25) is 0 Å². The number of piperidine rings is 1. The molecule has 3 atom stereocenters. The van der Waals surface area contributed by atoms with E-state index in [4.69, 9.17) is 16.3 Å². The van der Waals surface area contributed by atoms with Gasteiger partial charge in [-0.05, 0) is 25.0 Å². The summed E-state index contributed by atoms with van der Waals surface area (Å²) in [5.41, 5.74) is 2.51. The lowest BCUT2D eigenvalue weighted by Gasteiger charge is -2.37. The van der Waals surface area contributed by atoms with Gasteiger partial charge in [0.15, 0.2) is 5.65 Å². The highest BCUT2D eigenvalue weighted by molar-refractivity contribution is 6.30. The van der Waals surface area contributed by atoms with Crippen LogP contribution >= 0.6 is 11.6 Å². The molecule has 3 aliphatic heterocycles. The monoisotopic (exact) mass is 485 g/mol. The van der Waals surface area contributed by atoms with Crippen molar-refractivity contribution in [2.45, 2.75) is 57.0 Å². The summed E-state index contributed by atoms with van der Waals surface area (Å²) >= 11 is 5.99. The molecular formula is C23H21ClFN5O4. The van der Waals surface area contributed by atoms with E-state index in [1.54, 1.807) is 15.6 Å². The number of halogens is 2. The van der Waals surface area contributed by atoms with Crippen LogP contribution < -0.4 is 4.74 Å². The van der Waals surface area contributed by atoms with Gasteiger partial charge in [0, 0.05) is 42.8 Å². The van der Waals surface area contributed by atoms with Crippen LogP contribution in [0.4, 0.5) is 9.18 Å². The van der Waals surface area contributed by atoms with E-state index in [1.165, 1.54) is 29.3 Å². The summed E-state index contributed by atoms with van der Waals surface area (Å²) in [6, 6.07) is 3.69. The number of carbonyl (C=O) groups is 2. The van der Waals surface area contributed by atoms with E-state index >= 15 is 0 Å². The van der Waals surface area contributed by atoms with Crippen molar-refractivity contribution in [3.63, 3.8) is 0 Å². The lowest BCUT2D eigenvalue weighted by molar-refractivity contribution is 0.0484. The fourth-order valence-electron chi connectivity index (χ4n) is 5.52. The number of rotatable bonds is 3. The average molecular weight is 486 g/mol. The van der Waals surface area contributed by atoms with Gasteiger partial charge in [-0.3, -0.25) is 4.79 Å². The summed E-state index contributed by atoms with van der Waals surface area (Å²) in [5, 5.41) is 14.4. The Kier molecular flexibility index (Phi) is 4.87. The fraction of sp³-hybridized carbons (Fsp3) is 0.391. The van der Waals surface area contributed by atoms with Gasteiger partial charge in [-0.2, -0.15) is 5.10 Å². The number of hydrogen-bond acceptors (Lipinski definition) is 5. The van der Waals surface area contributed by atoms with Crippen molar-refractivity contribution < 1.29 is 23.8 Å². The molecule has 6 rings (SSSR count). The van der Waals surface area contributed by atoms with E-state index in [9.17, 15) is 19.1 Å². The van der Waals surface area contributed by atoms with Crippen LogP contribution in [-0.2, 0) is 13.1 Å². The summed E-state index contributed by atoms with van der Waals surface area (Å²) in [7, 11) is 0. The third-order valence-electron chi connectivity index (χ3n) is 6.97. The van der Waals surface area contributed by atoms with E-state index in [2.05, 4.69) is 10.1 Å². The second-order valence-electron chi connectivity index (χ2n) is 9.05. The Morgan fingerprint density at radius 1 is 1.18 bits per heavy atom. The van der Waals surface area contributed by atoms with E-state index in [1.807, 2.05) is 0 Å². The van der Waals surface area contributed by atoms with Crippen LogP contribution in [-0.4, -0.2) is 59.7 Å². The summed E-state index contributed by atoms with van der Waals surface area (Å²) in [6.45, 7) is 0.622. The fourth-order valence-corrected chi connectivity index (χ4v) is 5.66. The zero-order chi connectivity index (χ0) is 23.6. The third kappa shape index (κ3) is 3.44. The second kappa shape index (κ2) is 7.83. The van der Waals surface area contributed by atoms with Crippen molar-refractivity contribution in [2.24, 2.45) is 0 Å². The maximum Gasteiger partial charge on any atom is 0.407 e. The van der Waals surface area contributed by atoms with Crippen LogP contribution in [0.15, 0.2) is 30.6 Å². The maximum absolute atomic E-state index is 14.1. The molecule has 0 spiro atoms. The topological polar surface area (TPSA) is 100 Å². The van der Waals surface area contributed by atoms with Crippen LogP contribution in [0.25, 0.3) is 5.65 Å². The Balaban J connectivity index is 1.23. The Hall–Kier alpha value is -3.40. The standard InChI is InChI=1S/C23H21ClFN5O4/c24-12-8-26-21-18-10-28(11-19(18)27-29(21)9-12)22(31)17-4-1-13(25)5-20(17)34-16-6-14-2-3-15(7-16)30(14)23(32)33/h1,4-5,8-9,14-16H,2-3,6-7,10-11H2,(H,32,33)/t14-,15+,16+. The van der Waals surface area contributed by atoms with Crippen LogP contribution in [0.3, 0.4) is 0 Å². The molecule has 2 fully saturated rings. The number of hydrogen-bond donors (Lipinski definition) is 1. The maximum atomic E-state index is 14.1. The minimum absolute atomic E-state index is 0.111. The molecule has 2 saturated heterocycles. The van der Waals surface area contributed by atoms with Gasteiger partial charge in [0.05, 0.1) is 35.6 Å². The average Bonchev–Trinajstić information content (AvgIpc) is 3.42. The molecule has 176 valence electrons. The number of ether oxygens (including phenoxy) is 1. The SMILES string of the molecule is O=C(c1ccc(F)cc1O[C@H]1C[C@H]2CC[C@@H](C1)N2C(=O)O)N1Cc2nn3cc(Cl)cnc3c2C1. The Bertz CT molecular complexity index is 1320. The zero-order valence-electron chi connectivity index (χ0n) is 18.0. The minimum Gasteiger partial charge on any atom is -0.489 e. The van der Waals surface area contributed by atoms with Gasteiger partial charge in [-0.25, -0.2) is 18.7 Å². The summed E-state index contributed by atoms with van der Waals surface area (Å²) in [6.07, 6.45) is 4.64. The van der Waals surface area contributed by atoms with Gasteiger partial charge in [0.1, 0.15) is 17.7 Å². The molecule has 1 aromatic carbocycles. The number of carboxylic acid groups (broad SMARTS) is 1. The molecule has 0 radical (unpaired) electrons. The first-order valence-corrected chi connectivity index (χ1v) is 11.5. The molecule has 2 bridgehead atoms. The first-order valence-electron chi connectivity index (χ1n) is 11.2. The number of aromatic nitrogens is 3. The summed E-state index contributed by atoms with van der Waals surface area (Å²) in [4.78, 5) is 32.4. The number of benzene rings is 1. The van der Waals surface area contributed by atoms with Crippen LogP contribution in [0, 0.1) is 5.82 Å². The predicted octanol–water partition coefficient (Wildman–Crippen LogP) is 3.73. The highest BCUT2D eigenvalue weighted by atomic mass is 35.5. The number of amides is 2. The Morgan fingerprint density at radius 2 is 1.94 bits per heavy atom. The molecule has 5 heterocycles. The van der Waals surface area contributed by atoms with Crippen LogP contribution in [0.1, 0.15) is 47.3 Å². The molecule has 0 unspecified atom stereocenters. The second-order valence-corrected chi connectivity index (χ2v) is 9.49. The smallest absolute Gasteiger partial charge is 0.407 e. The van der Waals surface area contributed by atoms with E-state index in [-0.39, 0.29) is 35.4 Å². The molecule has 9 nitrogen and oxygen atoms in total. The van der Waals surface area contributed by atoms with Crippen LogP contribution in [0.2, 0.25) is 5.02 Å². The molecule has 0 aliphatic carbocycles. The first-order chi connectivity index (χ1) is 16.4. The highest BCUT2D eigenvalue weighted by Crippen LogP contribution is 2.38. The molecule has 3 aromatic rings. The molecule has 11 heteroatoms. The van der Waals surface area contributed by atoms with Crippen molar-refractivity contribution in [1.29, 1.82) is 0 Å². The molecule has 1 N–H and O–H groups in total. The first kappa shape index (κ1) is 21.2. The summed E-state index contributed by atoms with van der Waals surface area (Å²) < 4.78 is 21.9. The normalized spacial score (nSPS) is 23.4. The van der Waals surface area contributed by atoms with Gasteiger partial charge < -0.3 is 19.6 Å². The molecule has 34 heavy (non-hydrogen) atoms. The Morgan fingerprint density at radius 3 is 2.68 bits per heavy atom. The van der Waals surface area contributed by atoms with Gasteiger partial charge >= 0.3 is 6.09 Å². The Labute approximate surface area is 198 Å². The van der Waals surface area contributed by atoms with Crippen LogP contribution in [0.5, 0.6) is 5.75 Å². The highest BCUT2D eigenvalue weighted by Gasteiger charge is 2.44. The predicted molar refractivity (Wildman–Crippen MR) is 118 cm³/mol. The van der Waals surface area contributed by atoms with Crippen molar-refractivity contribution in [3.8, 4) is 5.75 Å². The van der Waals surface area contributed by atoms with Gasteiger partial charge in [-0.15, -0.1) is 0 Å². The molecule has 2 aromatic heterocycles. The quantitative estimate of drug-likeness (QED) is 0.606. The van der Waals surface area contributed by atoms with Crippen molar-refractivity contribution in [1.82, 2.24) is 24.4 Å². The van der Waals surface area contributed by atoms with Gasteiger partial charge in [0.25, 0.3) is 5.91 Å². The van der Waals surface area contributed by atoms with E-state index in [0.717, 1.165) is 24.1 Å². The molecule has 3 aliphatic rings. The number of fused-ring (bicyclic) bond motifs is 5. The third-order valence-corrected chi connectivity index (χ3v) is 7.17.